The van der Waals surface area contributed by atoms with Crippen LogP contribution in [0.2, 0.25) is 10.3 Å². The number of ketones is 1. The van der Waals surface area contributed by atoms with Crippen LogP contribution in [-0.2, 0) is 9.68 Å². The number of halogens is 4. The van der Waals surface area contributed by atoms with E-state index < -0.39 is 5.95 Å². The van der Waals surface area contributed by atoms with E-state index in [1.807, 2.05) is 22.7 Å². The number of carbonyl (C=O) groups excluding carboxylic acids is 2. The van der Waals surface area contributed by atoms with Crippen LogP contribution in [0.25, 0.3) is 48.3 Å². The zero-order chi connectivity index (χ0) is 43.4. The second-order valence-electron chi connectivity index (χ2n) is 11.2. The first-order valence-electron chi connectivity index (χ1n) is 16.5. The molecule has 0 amide bonds. The Morgan fingerprint density at radius 2 is 1.25 bits per heavy atom. The van der Waals surface area contributed by atoms with E-state index in [1.54, 1.807) is 83.8 Å². The molecule has 0 atom stereocenters. The van der Waals surface area contributed by atoms with Gasteiger partial charge in [-0.25, -0.2) is 39.5 Å². The first kappa shape index (κ1) is 48.7. The Kier molecular flexibility index (Phi) is 20.0. The fourth-order valence-corrected chi connectivity index (χ4v) is 5.28. The molecule has 0 aliphatic carbocycles. The van der Waals surface area contributed by atoms with Crippen molar-refractivity contribution in [3.63, 3.8) is 0 Å². The van der Waals surface area contributed by atoms with Crippen LogP contribution >= 0.6 is 39.1 Å². The standard InChI is InChI=1S/C13H7ClN4.C13H7FN4.C7H5BrClNO.C6H5N3.CH2O3.Na/c2*1-15-10-2-3-13-17-11(8-18(13)7-10)9-4-5-16-12(14)6-9;8-4-6(11)5-1-2-10-7(9)3-5;1-8-5-2-3-6(7)9-4-5;2-1-4-3;/h2*2-8H;1-3H,4H2;2-4H,(H2,7,9);1,3H;/q;;;;;+1/p-1/i;14-1;;;;. The molecule has 0 aromatic carbocycles. The average molecular weight is 930 g/mol. The van der Waals surface area contributed by atoms with E-state index in [9.17, 15) is 9.18 Å². The summed E-state index contributed by atoms with van der Waals surface area (Å²) in [6, 6.07) is 20.1. The number of aromatic nitrogens is 8. The minimum Gasteiger partial charge on any atom is -0.662 e. The van der Waals surface area contributed by atoms with Gasteiger partial charge in [-0.1, -0.05) is 57.3 Å². The van der Waals surface area contributed by atoms with Gasteiger partial charge in [0.15, 0.2) is 5.78 Å². The molecule has 61 heavy (non-hydrogen) atoms. The van der Waals surface area contributed by atoms with Crippen molar-refractivity contribution in [3.05, 3.63) is 178 Å². The van der Waals surface area contributed by atoms with Gasteiger partial charge in [-0.15, -0.1) is 0 Å². The van der Waals surface area contributed by atoms with Gasteiger partial charge in [-0.05, 0) is 48.5 Å². The third-order valence-corrected chi connectivity index (χ3v) is 8.21. The average Bonchev–Trinajstić information content (AvgIpc) is 3.91. The monoisotopic (exact) mass is 927 g/mol. The number of anilines is 1. The molecule has 16 nitrogen and oxygen atoms in total. The number of rotatable bonds is 5. The molecule has 8 aromatic heterocycles. The SMILES string of the molecule is O=C(CBr)c1ccnc(Cl)c1.O=CO[O-].[C-]#[N+]c1ccc(N)nc1.[C-]#[N+]c1ccc2nc(-c3ccnc(Cl)c3)cn2c1.[C-]#[N+]c1ccc2nc(-c3ccnc([18F])c3)cn2c1.[Na+]. The summed E-state index contributed by atoms with van der Waals surface area (Å²) in [6.45, 7) is 20.3. The molecular formula is C40H25BrCl2FN12NaO4. The third-order valence-electron chi connectivity index (χ3n) is 7.28. The molecule has 0 radical (unpaired) electrons. The molecule has 0 saturated heterocycles. The maximum absolute atomic E-state index is 13.0. The molecule has 0 fully saturated rings. The fraction of sp³-hybridized carbons (Fsp3) is 0.0250. The molecule has 0 unspecified atom stereocenters. The van der Waals surface area contributed by atoms with E-state index in [2.05, 4.69) is 65.3 Å². The summed E-state index contributed by atoms with van der Waals surface area (Å²) in [4.78, 5) is 55.9. The van der Waals surface area contributed by atoms with Gasteiger partial charge in [0, 0.05) is 72.3 Å². The Hall–Kier alpha value is -6.66. The molecule has 298 valence electrons. The number of carbonyl (C=O) groups is 2. The number of nitrogen functional groups attached to an aromatic ring is 1. The van der Waals surface area contributed by atoms with Crippen molar-refractivity contribution in [2.45, 2.75) is 0 Å². The zero-order valence-electron chi connectivity index (χ0n) is 31.5. The Balaban J connectivity index is 0.000000217. The second kappa shape index (κ2) is 25.1. The van der Waals surface area contributed by atoms with Gasteiger partial charge in [-0.2, -0.15) is 4.39 Å². The van der Waals surface area contributed by atoms with Gasteiger partial charge in [0.25, 0.3) is 6.47 Å². The van der Waals surface area contributed by atoms with E-state index in [-0.39, 0.29) is 41.8 Å². The van der Waals surface area contributed by atoms with E-state index in [0.717, 1.165) is 22.6 Å². The maximum Gasteiger partial charge on any atom is 1.00 e. The molecule has 2 N–H and O–H groups in total. The second-order valence-corrected chi connectivity index (χ2v) is 12.5. The van der Waals surface area contributed by atoms with Crippen LogP contribution in [-0.4, -0.2) is 56.3 Å². The number of Topliss-reactive ketones (excluding diaryl/α,β-unsaturated/α-hetero) is 1. The topological polar surface area (TPSA) is 192 Å². The van der Waals surface area contributed by atoms with Crippen molar-refractivity contribution in [3.8, 4) is 22.5 Å². The van der Waals surface area contributed by atoms with Crippen molar-refractivity contribution in [2.75, 3.05) is 11.1 Å². The quantitative estimate of drug-likeness (QED) is 0.0328. The molecular weight excluding hydrogens is 904 g/mol. The third kappa shape index (κ3) is 15.1. The van der Waals surface area contributed by atoms with E-state index in [1.165, 1.54) is 24.7 Å². The van der Waals surface area contributed by atoms with E-state index in [0.29, 0.717) is 55.3 Å². The van der Waals surface area contributed by atoms with Gasteiger partial charge in [0.05, 0.1) is 36.4 Å². The minimum atomic E-state index is -0.536. The Labute approximate surface area is 387 Å². The number of pyridine rings is 6. The van der Waals surface area contributed by atoms with Crippen molar-refractivity contribution in [1.29, 1.82) is 0 Å². The van der Waals surface area contributed by atoms with Crippen molar-refractivity contribution in [2.24, 2.45) is 0 Å². The number of alkyl halides is 1. The maximum atomic E-state index is 13.0. The number of nitrogens with zero attached hydrogens (tertiary/aromatic N) is 11. The first-order chi connectivity index (χ1) is 29.0. The molecule has 0 bridgehead atoms. The molecule has 21 heteroatoms. The van der Waals surface area contributed by atoms with Crippen LogP contribution in [0.1, 0.15) is 10.4 Å². The Morgan fingerprint density at radius 3 is 1.69 bits per heavy atom. The van der Waals surface area contributed by atoms with E-state index >= 15 is 0 Å². The van der Waals surface area contributed by atoms with Gasteiger partial charge < -0.3 is 24.7 Å². The summed E-state index contributed by atoms with van der Waals surface area (Å²) < 4.78 is 16.6. The molecule has 0 spiro atoms. The number of nitrogens with two attached hydrogens (primary N) is 1. The summed E-state index contributed by atoms with van der Waals surface area (Å²) in [7, 11) is 0. The molecule has 8 aromatic rings. The number of hydrogen-bond acceptors (Lipinski definition) is 11. The fourth-order valence-electron chi connectivity index (χ4n) is 4.61. The predicted molar refractivity (Wildman–Crippen MR) is 224 cm³/mol. The number of imidazole rings is 2. The smallest absolute Gasteiger partial charge is 0.662 e. The molecule has 0 saturated carbocycles. The first-order valence-corrected chi connectivity index (χ1v) is 18.4. The van der Waals surface area contributed by atoms with Crippen LogP contribution in [0.3, 0.4) is 0 Å². The van der Waals surface area contributed by atoms with Crippen molar-refractivity contribution < 1.29 is 53.7 Å². The van der Waals surface area contributed by atoms with Crippen LogP contribution in [0.4, 0.5) is 27.3 Å². The van der Waals surface area contributed by atoms with Crippen molar-refractivity contribution in [1.82, 2.24) is 38.7 Å². The zero-order valence-corrected chi connectivity index (χ0v) is 36.6. The largest absolute Gasteiger partial charge is 1.00 e. The molecule has 8 heterocycles. The summed E-state index contributed by atoms with van der Waals surface area (Å²) >= 11 is 14.5. The van der Waals surface area contributed by atoms with Crippen LogP contribution < -0.4 is 40.5 Å². The molecule has 0 aliphatic rings. The summed E-state index contributed by atoms with van der Waals surface area (Å²) in [5.74, 6) is -0.0805. The molecule has 8 rings (SSSR count). The minimum absolute atomic E-state index is 0. The number of fused-ring (bicyclic) bond motifs is 2. The van der Waals surface area contributed by atoms with E-state index in [4.69, 9.17) is 58.7 Å². The predicted octanol–water partition coefficient (Wildman–Crippen LogP) is 5.65. The normalized spacial score (nSPS) is 9.48. The van der Waals surface area contributed by atoms with Crippen LogP contribution in [0.5, 0.6) is 0 Å². The summed E-state index contributed by atoms with van der Waals surface area (Å²) in [5.41, 5.74) is 12.0. The Bertz CT molecular complexity index is 2730. The summed E-state index contributed by atoms with van der Waals surface area (Å²) in [5, 5.41) is 9.52. The van der Waals surface area contributed by atoms with Gasteiger partial charge in [0.1, 0.15) is 27.4 Å². The Morgan fingerprint density at radius 1 is 0.754 bits per heavy atom. The van der Waals surface area contributed by atoms with Crippen molar-refractivity contribution >= 4 is 85.6 Å². The van der Waals surface area contributed by atoms with Crippen LogP contribution in [0.15, 0.2) is 122 Å². The van der Waals surface area contributed by atoms with Gasteiger partial charge in [0.2, 0.25) is 23.0 Å². The van der Waals surface area contributed by atoms with Gasteiger partial charge in [-0.3, -0.25) is 14.6 Å². The van der Waals surface area contributed by atoms with Gasteiger partial charge >= 0.3 is 29.6 Å². The van der Waals surface area contributed by atoms with Crippen LogP contribution in [0, 0.1) is 25.7 Å². The molecule has 0 aliphatic heterocycles. The summed E-state index contributed by atoms with van der Waals surface area (Å²) in [6.07, 6.45) is 13.1. The number of hydrogen-bond donors (Lipinski definition) is 1.